The molecule has 1 unspecified atom stereocenters. The van der Waals surface area contributed by atoms with Crippen LogP contribution in [0, 0.1) is 0 Å². The number of ether oxygens (including phenoxy) is 1. The highest BCUT2D eigenvalue weighted by molar-refractivity contribution is 9.10. The number of nitrogens with one attached hydrogen (secondary N) is 1. The summed E-state index contributed by atoms with van der Waals surface area (Å²) in [6.07, 6.45) is 2.87. The molecule has 0 bridgehead atoms. The summed E-state index contributed by atoms with van der Waals surface area (Å²) in [5, 5.41) is 7.99. The van der Waals surface area contributed by atoms with Crippen molar-refractivity contribution < 1.29 is 4.74 Å². The highest BCUT2D eigenvalue weighted by Crippen LogP contribution is 2.29. The number of hydrogen-bond donors (Lipinski definition) is 1. The Bertz CT molecular complexity index is 595. The van der Waals surface area contributed by atoms with Crippen LogP contribution in [0.1, 0.15) is 37.2 Å². The van der Waals surface area contributed by atoms with Gasteiger partial charge in [-0.15, -0.1) is 0 Å². The van der Waals surface area contributed by atoms with E-state index >= 15 is 0 Å². The molecule has 1 heterocycles. The lowest BCUT2D eigenvalue weighted by atomic mass is 10.0. The number of likely N-dealkylation sites (N-methyl/N-ethyl adjacent to an activating group) is 1. The topological polar surface area (TPSA) is 39.1 Å². The summed E-state index contributed by atoms with van der Waals surface area (Å²) in [6, 6.07) is 8.68. The van der Waals surface area contributed by atoms with E-state index in [0.717, 1.165) is 22.3 Å². The second-order valence-corrected chi connectivity index (χ2v) is 6.17. The number of methoxy groups -OCH3 is 1. The molecule has 21 heavy (non-hydrogen) atoms. The predicted octanol–water partition coefficient (Wildman–Crippen LogP) is 3.74. The molecule has 0 saturated carbocycles. The molecule has 2 aromatic rings. The average molecular weight is 352 g/mol. The molecule has 1 aromatic heterocycles. The Kier molecular flexibility index (Phi) is 5.42. The molecule has 0 spiro atoms. The van der Waals surface area contributed by atoms with E-state index in [-0.39, 0.29) is 6.04 Å². The minimum absolute atomic E-state index is 0.185. The van der Waals surface area contributed by atoms with Gasteiger partial charge in [0.05, 0.1) is 12.8 Å². The zero-order valence-electron chi connectivity index (χ0n) is 12.9. The first kappa shape index (κ1) is 16.0. The Balaban J connectivity index is 2.22. The quantitative estimate of drug-likeness (QED) is 0.861. The molecule has 0 amide bonds. The Hall–Kier alpha value is -1.33. The van der Waals surface area contributed by atoms with Gasteiger partial charge in [-0.05, 0) is 50.7 Å². The first-order valence-electron chi connectivity index (χ1n) is 7.10. The zero-order chi connectivity index (χ0) is 15.4. The van der Waals surface area contributed by atoms with Gasteiger partial charge >= 0.3 is 0 Å². The third-order valence-electron chi connectivity index (χ3n) is 3.53. The summed E-state index contributed by atoms with van der Waals surface area (Å²) < 4.78 is 8.39. The molecule has 1 N–H and O–H groups in total. The standard InChI is InChI=1S/C16H22BrN3O/c1-11(2)20-8-7-12(19-20)9-16(18-3)14-10-13(21-4)5-6-15(14)17/h5-8,10-11,16,18H,9H2,1-4H3. The van der Waals surface area contributed by atoms with Crippen molar-refractivity contribution in [3.63, 3.8) is 0 Å². The maximum atomic E-state index is 5.32. The van der Waals surface area contributed by atoms with Gasteiger partial charge in [-0.25, -0.2) is 0 Å². The monoisotopic (exact) mass is 351 g/mol. The Morgan fingerprint density at radius 1 is 1.33 bits per heavy atom. The Morgan fingerprint density at radius 3 is 2.67 bits per heavy atom. The number of hydrogen-bond acceptors (Lipinski definition) is 3. The van der Waals surface area contributed by atoms with Crippen molar-refractivity contribution in [1.29, 1.82) is 0 Å². The van der Waals surface area contributed by atoms with Gasteiger partial charge in [0.15, 0.2) is 0 Å². The van der Waals surface area contributed by atoms with Gasteiger partial charge in [0.25, 0.3) is 0 Å². The summed E-state index contributed by atoms with van der Waals surface area (Å²) in [6.45, 7) is 4.26. The summed E-state index contributed by atoms with van der Waals surface area (Å²) in [5.74, 6) is 0.862. The maximum absolute atomic E-state index is 5.32. The molecule has 1 aromatic carbocycles. The highest BCUT2D eigenvalue weighted by Gasteiger charge is 2.16. The molecule has 2 rings (SSSR count). The predicted molar refractivity (Wildman–Crippen MR) is 88.8 cm³/mol. The molecule has 0 aliphatic carbocycles. The van der Waals surface area contributed by atoms with Crippen LogP contribution in [0.5, 0.6) is 5.75 Å². The van der Waals surface area contributed by atoms with Crippen LogP contribution in [-0.4, -0.2) is 23.9 Å². The van der Waals surface area contributed by atoms with Crippen LogP contribution in [0.4, 0.5) is 0 Å². The van der Waals surface area contributed by atoms with E-state index in [1.807, 2.05) is 30.1 Å². The zero-order valence-corrected chi connectivity index (χ0v) is 14.5. The van der Waals surface area contributed by atoms with E-state index in [0.29, 0.717) is 6.04 Å². The smallest absolute Gasteiger partial charge is 0.119 e. The summed E-state index contributed by atoms with van der Waals surface area (Å²) in [7, 11) is 3.65. The fraction of sp³-hybridized carbons (Fsp3) is 0.438. The average Bonchev–Trinajstić information content (AvgIpc) is 2.94. The number of halogens is 1. The molecule has 0 aliphatic heterocycles. The van der Waals surface area contributed by atoms with Gasteiger partial charge in [0.1, 0.15) is 5.75 Å². The van der Waals surface area contributed by atoms with Crippen LogP contribution >= 0.6 is 15.9 Å². The molecule has 1 atom stereocenters. The van der Waals surface area contributed by atoms with E-state index in [2.05, 4.69) is 52.3 Å². The first-order valence-corrected chi connectivity index (χ1v) is 7.89. The third-order valence-corrected chi connectivity index (χ3v) is 4.26. The third kappa shape index (κ3) is 3.86. The van der Waals surface area contributed by atoms with Crippen LogP contribution in [-0.2, 0) is 6.42 Å². The van der Waals surface area contributed by atoms with Crippen molar-refractivity contribution in [2.24, 2.45) is 0 Å². The molecule has 0 radical (unpaired) electrons. The normalized spacial score (nSPS) is 12.7. The summed E-state index contributed by atoms with van der Waals surface area (Å²) >= 11 is 3.62. The Labute approximate surface area is 134 Å². The molecule has 0 fully saturated rings. The first-order chi connectivity index (χ1) is 10.0. The molecular weight excluding hydrogens is 330 g/mol. The van der Waals surface area contributed by atoms with E-state index in [1.54, 1.807) is 7.11 Å². The van der Waals surface area contributed by atoms with E-state index in [9.17, 15) is 0 Å². The maximum Gasteiger partial charge on any atom is 0.119 e. The fourth-order valence-electron chi connectivity index (χ4n) is 2.27. The van der Waals surface area contributed by atoms with Gasteiger partial charge in [-0.1, -0.05) is 15.9 Å². The molecule has 0 aliphatic rings. The summed E-state index contributed by atoms with van der Waals surface area (Å²) in [4.78, 5) is 0. The molecule has 4 nitrogen and oxygen atoms in total. The van der Waals surface area contributed by atoms with Gasteiger partial charge in [-0.2, -0.15) is 5.10 Å². The van der Waals surface area contributed by atoms with Gasteiger partial charge < -0.3 is 10.1 Å². The van der Waals surface area contributed by atoms with Crippen LogP contribution < -0.4 is 10.1 Å². The van der Waals surface area contributed by atoms with E-state index in [4.69, 9.17) is 4.74 Å². The number of rotatable bonds is 6. The lowest BCUT2D eigenvalue weighted by molar-refractivity contribution is 0.413. The van der Waals surface area contributed by atoms with E-state index in [1.165, 1.54) is 5.56 Å². The van der Waals surface area contributed by atoms with Crippen molar-refractivity contribution in [3.8, 4) is 5.75 Å². The van der Waals surface area contributed by atoms with Crippen LogP contribution in [0.15, 0.2) is 34.9 Å². The minimum atomic E-state index is 0.185. The summed E-state index contributed by atoms with van der Waals surface area (Å²) in [5.41, 5.74) is 2.26. The Morgan fingerprint density at radius 2 is 2.10 bits per heavy atom. The molecule has 5 heteroatoms. The molecular formula is C16H22BrN3O. The SMILES string of the molecule is CNC(Cc1ccn(C(C)C)n1)c1cc(OC)ccc1Br. The van der Waals surface area contributed by atoms with Crippen molar-refractivity contribution in [1.82, 2.24) is 15.1 Å². The van der Waals surface area contributed by atoms with Crippen LogP contribution in [0.2, 0.25) is 0 Å². The largest absolute Gasteiger partial charge is 0.497 e. The number of benzene rings is 1. The van der Waals surface area contributed by atoms with Gasteiger partial charge in [0.2, 0.25) is 0 Å². The van der Waals surface area contributed by atoms with Gasteiger partial charge in [-0.3, -0.25) is 4.68 Å². The number of aromatic nitrogens is 2. The van der Waals surface area contributed by atoms with Crippen molar-refractivity contribution in [2.75, 3.05) is 14.2 Å². The second-order valence-electron chi connectivity index (χ2n) is 5.31. The lowest BCUT2D eigenvalue weighted by Gasteiger charge is -2.18. The number of nitrogens with zero attached hydrogens (tertiary/aromatic N) is 2. The van der Waals surface area contributed by atoms with Crippen LogP contribution in [0.25, 0.3) is 0 Å². The van der Waals surface area contributed by atoms with Crippen molar-refractivity contribution >= 4 is 15.9 Å². The van der Waals surface area contributed by atoms with E-state index < -0.39 is 0 Å². The van der Waals surface area contributed by atoms with Crippen LogP contribution in [0.3, 0.4) is 0 Å². The molecule has 114 valence electrons. The van der Waals surface area contributed by atoms with Gasteiger partial charge in [0, 0.05) is 29.2 Å². The lowest BCUT2D eigenvalue weighted by Crippen LogP contribution is -2.20. The second kappa shape index (κ2) is 7.09. The van der Waals surface area contributed by atoms with Crippen molar-refractivity contribution in [2.45, 2.75) is 32.4 Å². The molecule has 0 saturated heterocycles. The van der Waals surface area contributed by atoms with Crippen molar-refractivity contribution in [3.05, 3.63) is 46.2 Å². The fourth-order valence-corrected chi connectivity index (χ4v) is 2.79. The highest BCUT2D eigenvalue weighted by atomic mass is 79.9. The minimum Gasteiger partial charge on any atom is -0.497 e.